The van der Waals surface area contributed by atoms with E-state index in [-0.39, 0.29) is 5.54 Å². The topological polar surface area (TPSA) is 41.3 Å². The molecule has 0 unspecified atom stereocenters. The molecule has 1 aliphatic rings. The molecule has 0 radical (unpaired) electrons. The van der Waals surface area contributed by atoms with Crippen molar-refractivity contribution < 1.29 is 0 Å². The maximum Gasteiger partial charge on any atom is 0.0628 e. The second-order valence-corrected chi connectivity index (χ2v) is 4.88. The highest BCUT2D eigenvalue weighted by atomic mass is 15.2. The quantitative estimate of drug-likeness (QED) is 0.734. The van der Waals surface area contributed by atoms with E-state index in [4.69, 9.17) is 5.73 Å². The molecule has 1 aromatic carbocycles. The number of para-hydroxylation sites is 1. The fraction of sp³-hybridized carbons (Fsp3) is 0.500. The molecule has 0 amide bonds. The summed E-state index contributed by atoms with van der Waals surface area (Å²) in [5, 5.41) is 3.56. The Balaban J connectivity index is 2.50. The Morgan fingerprint density at radius 3 is 2.87 bits per heavy atom. The largest absolute Gasteiger partial charge is 0.376 e. The van der Waals surface area contributed by atoms with Crippen LogP contribution in [0.2, 0.25) is 0 Å². The Kier molecular flexibility index (Phi) is 2.35. The van der Waals surface area contributed by atoms with Crippen LogP contribution in [-0.4, -0.2) is 19.1 Å². The van der Waals surface area contributed by atoms with Crippen LogP contribution >= 0.6 is 0 Å². The normalized spacial score (nSPS) is 18.3. The first-order valence-electron chi connectivity index (χ1n) is 5.35. The van der Waals surface area contributed by atoms with Crippen molar-refractivity contribution in [2.24, 2.45) is 5.73 Å². The van der Waals surface area contributed by atoms with E-state index in [0.717, 1.165) is 6.54 Å². The zero-order valence-electron chi connectivity index (χ0n) is 9.67. The van der Waals surface area contributed by atoms with Gasteiger partial charge in [-0.3, -0.25) is 0 Å². The predicted molar refractivity (Wildman–Crippen MR) is 65.3 cm³/mol. The number of fused-ring (bicyclic) bond motifs is 1. The lowest BCUT2D eigenvalue weighted by atomic mass is 9.97. The van der Waals surface area contributed by atoms with E-state index in [1.54, 1.807) is 0 Å². The molecule has 0 saturated heterocycles. The molecule has 1 aromatic rings. The molecular formula is C12H19N3. The number of rotatable bonds is 1. The third-order valence-corrected chi connectivity index (χ3v) is 2.86. The van der Waals surface area contributed by atoms with E-state index in [1.807, 2.05) is 0 Å². The van der Waals surface area contributed by atoms with Gasteiger partial charge in [0, 0.05) is 25.7 Å². The van der Waals surface area contributed by atoms with Gasteiger partial charge in [0.15, 0.2) is 0 Å². The fourth-order valence-electron chi connectivity index (χ4n) is 2.28. The second-order valence-electron chi connectivity index (χ2n) is 4.88. The number of anilines is 2. The maximum absolute atomic E-state index is 5.75. The monoisotopic (exact) mass is 205 g/mol. The SMILES string of the molecule is CN1CC(C)(C)Nc2c(CN)cccc21. The molecule has 0 spiro atoms. The lowest BCUT2D eigenvalue weighted by molar-refractivity contribution is 0.548. The average Bonchev–Trinajstić information content (AvgIpc) is 2.15. The van der Waals surface area contributed by atoms with Crippen LogP contribution in [-0.2, 0) is 6.54 Å². The van der Waals surface area contributed by atoms with Gasteiger partial charge >= 0.3 is 0 Å². The van der Waals surface area contributed by atoms with Crippen molar-refractivity contribution in [2.45, 2.75) is 25.9 Å². The number of hydrogen-bond donors (Lipinski definition) is 2. The van der Waals surface area contributed by atoms with Crippen molar-refractivity contribution in [3.05, 3.63) is 23.8 Å². The highest BCUT2D eigenvalue weighted by Crippen LogP contribution is 2.35. The first kappa shape index (κ1) is 10.3. The molecule has 0 atom stereocenters. The predicted octanol–water partition coefficient (Wildman–Crippen LogP) is 1.79. The summed E-state index contributed by atoms with van der Waals surface area (Å²) in [7, 11) is 2.13. The van der Waals surface area contributed by atoms with Crippen LogP contribution in [0.5, 0.6) is 0 Å². The lowest BCUT2D eigenvalue weighted by Gasteiger charge is -2.41. The van der Waals surface area contributed by atoms with Crippen molar-refractivity contribution in [1.29, 1.82) is 0 Å². The first-order valence-corrected chi connectivity index (χ1v) is 5.35. The summed E-state index contributed by atoms with van der Waals surface area (Å²) in [6.45, 7) is 6.01. The number of nitrogens with one attached hydrogen (secondary N) is 1. The zero-order chi connectivity index (χ0) is 11.1. The molecule has 1 aliphatic heterocycles. The van der Waals surface area contributed by atoms with Gasteiger partial charge in [0.25, 0.3) is 0 Å². The van der Waals surface area contributed by atoms with Gasteiger partial charge in [-0.15, -0.1) is 0 Å². The molecule has 2 rings (SSSR count). The summed E-state index contributed by atoms with van der Waals surface area (Å²) in [6.07, 6.45) is 0. The number of benzene rings is 1. The number of hydrogen-bond acceptors (Lipinski definition) is 3. The van der Waals surface area contributed by atoms with Crippen LogP contribution in [0, 0.1) is 0 Å². The van der Waals surface area contributed by atoms with Gasteiger partial charge < -0.3 is 16.0 Å². The van der Waals surface area contributed by atoms with Crippen LogP contribution in [0.1, 0.15) is 19.4 Å². The molecule has 82 valence electrons. The molecule has 0 fully saturated rings. The molecule has 3 N–H and O–H groups in total. The van der Waals surface area contributed by atoms with E-state index in [2.05, 4.69) is 49.3 Å². The smallest absolute Gasteiger partial charge is 0.0628 e. The molecular weight excluding hydrogens is 186 g/mol. The van der Waals surface area contributed by atoms with Gasteiger partial charge in [0.05, 0.1) is 11.4 Å². The van der Waals surface area contributed by atoms with Gasteiger partial charge in [-0.1, -0.05) is 12.1 Å². The maximum atomic E-state index is 5.75. The molecule has 3 heteroatoms. The summed E-state index contributed by atoms with van der Waals surface area (Å²) >= 11 is 0. The van der Waals surface area contributed by atoms with Gasteiger partial charge in [-0.2, -0.15) is 0 Å². The fourth-order valence-corrected chi connectivity index (χ4v) is 2.28. The Morgan fingerprint density at radius 2 is 2.20 bits per heavy atom. The Hall–Kier alpha value is -1.22. The van der Waals surface area contributed by atoms with Crippen LogP contribution in [0.25, 0.3) is 0 Å². The van der Waals surface area contributed by atoms with Gasteiger partial charge in [0.2, 0.25) is 0 Å². The summed E-state index contributed by atoms with van der Waals surface area (Å²) in [5.74, 6) is 0. The third kappa shape index (κ3) is 1.79. The zero-order valence-corrected chi connectivity index (χ0v) is 9.67. The molecule has 15 heavy (non-hydrogen) atoms. The average molecular weight is 205 g/mol. The lowest BCUT2D eigenvalue weighted by Crippen LogP contribution is -2.47. The molecule has 3 nitrogen and oxygen atoms in total. The minimum absolute atomic E-state index is 0.104. The van der Waals surface area contributed by atoms with Gasteiger partial charge in [-0.25, -0.2) is 0 Å². The molecule has 1 heterocycles. The van der Waals surface area contributed by atoms with Crippen LogP contribution in [0.15, 0.2) is 18.2 Å². The molecule has 0 saturated carbocycles. The van der Waals surface area contributed by atoms with Crippen LogP contribution < -0.4 is 16.0 Å². The highest BCUT2D eigenvalue weighted by Gasteiger charge is 2.28. The van der Waals surface area contributed by atoms with Crippen molar-refractivity contribution in [3.63, 3.8) is 0 Å². The molecule has 0 aliphatic carbocycles. The van der Waals surface area contributed by atoms with E-state index in [1.165, 1.54) is 16.9 Å². The van der Waals surface area contributed by atoms with Gasteiger partial charge in [-0.05, 0) is 25.5 Å². The summed E-state index contributed by atoms with van der Waals surface area (Å²) in [5.41, 5.74) is 9.48. The molecule has 0 bridgehead atoms. The summed E-state index contributed by atoms with van der Waals surface area (Å²) in [6, 6.07) is 6.29. The van der Waals surface area contributed by atoms with E-state index in [9.17, 15) is 0 Å². The summed E-state index contributed by atoms with van der Waals surface area (Å²) in [4.78, 5) is 2.28. The number of likely N-dealkylation sites (N-methyl/N-ethyl adjacent to an activating group) is 1. The second kappa shape index (κ2) is 3.42. The van der Waals surface area contributed by atoms with E-state index in [0.29, 0.717) is 6.54 Å². The third-order valence-electron chi connectivity index (χ3n) is 2.86. The van der Waals surface area contributed by atoms with Crippen molar-refractivity contribution in [2.75, 3.05) is 23.8 Å². The molecule has 0 aromatic heterocycles. The Morgan fingerprint density at radius 1 is 1.47 bits per heavy atom. The minimum atomic E-state index is 0.104. The minimum Gasteiger partial charge on any atom is -0.376 e. The highest BCUT2D eigenvalue weighted by molar-refractivity contribution is 5.76. The standard InChI is InChI=1S/C12H19N3/c1-12(2)8-15(3)10-6-4-5-9(7-13)11(10)14-12/h4-6,14H,7-8,13H2,1-3H3. The Labute approximate surface area is 91.3 Å². The summed E-state index contributed by atoms with van der Waals surface area (Å²) < 4.78 is 0. The van der Waals surface area contributed by atoms with Crippen molar-refractivity contribution in [3.8, 4) is 0 Å². The first-order chi connectivity index (χ1) is 7.03. The van der Waals surface area contributed by atoms with E-state index < -0.39 is 0 Å². The van der Waals surface area contributed by atoms with Crippen LogP contribution in [0.3, 0.4) is 0 Å². The number of nitrogens with zero attached hydrogens (tertiary/aromatic N) is 1. The van der Waals surface area contributed by atoms with E-state index >= 15 is 0 Å². The van der Waals surface area contributed by atoms with Crippen molar-refractivity contribution >= 4 is 11.4 Å². The van der Waals surface area contributed by atoms with Gasteiger partial charge in [0.1, 0.15) is 0 Å². The van der Waals surface area contributed by atoms with Crippen LogP contribution in [0.4, 0.5) is 11.4 Å². The van der Waals surface area contributed by atoms with Crippen molar-refractivity contribution in [1.82, 2.24) is 0 Å². The Bertz CT molecular complexity index is 371. The number of nitrogens with two attached hydrogens (primary N) is 1.